The maximum absolute atomic E-state index is 12.4. The number of hydrogen-bond acceptors (Lipinski definition) is 2. The normalized spacial score (nSPS) is 12.9. The highest BCUT2D eigenvalue weighted by molar-refractivity contribution is 6.30. The quantitative estimate of drug-likeness (QED) is 0.666. The number of quaternary nitrogens is 1. The molecule has 0 bridgehead atoms. The maximum atomic E-state index is 12.4. The summed E-state index contributed by atoms with van der Waals surface area (Å²) in [4.78, 5) is 25.5. The SMILES string of the molecule is Cc1cc(C)c(NC(=O)C[NH+](C)CC(=O)N[C@@H](C)c2ccc(Cl)cc2)c(C)c1. The van der Waals surface area contributed by atoms with Gasteiger partial charge in [-0.3, -0.25) is 9.59 Å². The van der Waals surface area contributed by atoms with E-state index in [0.717, 1.165) is 27.3 Å². The van der Waals surface area contributed by atoms with Crippen LogP contribution in [0.15, 0.2) is 36.4 Å². The summed E-state index contributed by atoms with van der Waals surface area (Å²) < 4.78 is 0. The molecule has 2 aromatic rings. The second-order valence-electron chi connectivity index (χ2n) is 7.47. The van der Waals surface area contributed by atoms with E-state index >= 15 is 0 Å². The van der Waals surface area contributed by atoms with Crippen molar-refractivity contribution in [2.75, 3.05) is 25.5 Å². The van der Waals surface area contributed by atoms with Crippen LogP contribution in [0.5, 0.6) is 0 Å². The minimum absolute atomic E-state index is 0.101. The van der Waals surface area contributed by atoms with Gasteiger partial charge < -0.3 is 15.5 Å². The van der Waals surface area contributed by atoms with Gasteiger partial charge in [0, 0.05) is 10.7 Å². The van der Waals surface area contributed by atoms with Gasteiger partial charge in [0.2, 0.25) is 0 Å². The van der Waals surface area contributed by atoms with E-state index in [-0.39, 0.29) is 30.9 Å². The van der Waals surface area contributed by atoms with Crippen molar-refractivity contribution >= 4 is 29.1 Å². The molecule has 0 aliphatic heterocycles. The van der Waals surface area contributed by atoms with Crippen molar-refractivity contribution in [2.24, 2.45) is 0 Å². The Morgan fingerprint density at radius 3 is 2.11 bits per heavy atom. The Bertz CT molecular complexity index is 826. The number of rotatable bonds is 7. The average Bonchev–Trinajstić information content (AvgIpc) is 2.58. The number of nitrogens with one attached hydrogen (secondary N) is 3. The molecule has 5 nitrogen and oxygen atoms in total. The molecule has 28 heavy (non-hydrogen) atoms. The number of halogens is 1. The molecular weight excluding hydrogens is 374 g/mol. The van der Waals surface area contributed by atoms with E-state index in [9.17, 15) is 9.59 Å². The van der Waals surface area contributed by atoms with Gasteiger partial charge in [-0.1, -0.05) is 41.4 Å². The standard InChI is InChI=1S/C22H28ClN3O2/c1-14-10-15(2)22(16(3)11-14)25-21(28)13-26(5)12-20(27)24-17(4)18-6-8-19(23)9-7-18/h6-11,17H,12-13H2,1-5H3,(H,24,27)(H,25,28)/p+1/t17-/m0/s1. The number of likely N-dealkylation sites (N-methyl/N-ethyl adjacent to an activating group) is 1. The van der Waals surface area contributed by atoms with E-state index in [1.54, 1.807) is 12.1 Å². The van der Waals surface area contributed by atoms with Crippen LogP contribution < -0.4 is 15.5 Å². The van der Waals surface area contributed by atoms with Gasteiger partial charge >= 0.3 is 0 Å². The number of anilines is 1. The van der Waals surface area contributed by atoms with E-state index in [4.69, 9.17) is 11.6 Å². The molecule has 0 spiro atoms. The lowest BCUT2D eigenvalue weighted by molar-refractivity contribution is -0.862. The molecule has 0 saturated carbocycles. The Morgan fingerprint density at radius 2 is 1.54 bits per heavy atom. The Balaban J connectivity index is 1.85. The third kappa shape index (κ3) is 6.36. The maximum Gasteiger partial charge on any atom is 0.279 e. The first-order chi connectivity index (χ1) is 13.2. The molecule has 2 atom stereocenters. The monoisotopic (exact) mass is 402 g/mol. The van der Waals surface area contributed by atoms with Crippen LogP contribution in [0.1, 0.15) is 35.2 Å². The van der Waals surface area contributed by atoms with Gasteiger partial charge in [0.15, 0.2) is 13.1 Å². The summed E-state index contributed by atoms with van der Waals surface area (Å²) in [6.45, 7) is 8.36. The van der Waals surface area contributed by atoms with Gasteiger partial charge in [0.25, 0.3) is 11.8 Å². The first kappa shape index (κ1) is 21.9. The lowest BCUT2D eigenvalue weighted by Crippen LogP contribution is -3.11. The lowest BCUT2D eigenvalue weighted by atomic mass is 10.1. The molecule has 0 aromatic heterocycles. The molecule has 2 amide bonds. The number of hydrogen-bond donors (Lipinski definition) is 3. The van der Waals surface area contributed by atoms with Gasteiger partial charge in [-0.15, -0.1) is 0 Å². The van der Waals surface area contributed by atoms with Crippen LogP contribution in [0.25, 0.3) is 0 Å². The van der Waals surface area contributed by atoms with E-state index in [0.29, 0.717) is 5.02 Å². The highest BCUT2D eigenvalue weighted by Crippen LogP contribution is 2.21. The van der Waals surface area contributed by atoms with E-state index in [2.05, 4.69) is 10.6 Å². The van der Waals surface area contributed by atoms with Gasteiger partial charge in [-0.2, -0.15) is 0 Å². The largest absolute Gasteiger partial charge is 0.345 e. The molecule has 2 rings (SSSR count). The summed E-state index contributed by atoms with van der Waals surface area (Å²) in [5.41, 5.74) is 5.08. The van der Waals surface area contributed by atoms with Crippen LogP contribution in [0.2, 0.25) is 5.02 Å². The molecule has 150 valence electrons. The van der Waals surface area contributed by atoms with Crippen LogP contribution in [0.3, 0.4) is 0 Å². The van der Waals surface area contributed by atoms with Crippen LogP contribution >= 0.6 is 11.6 Å². The van der Waals surface area contributed by atoms with Crippen molar-refractivity contribution < 1.29 is 14.5 Å². The Morgan fingerprint density at radius 1 is 1.00 bits per heavy atom. The van der Waals surface area contributed by atoms with Crippen molar-refractivity contribution in [3.63, 3.8) is 0 Å². The zero-order valence-electron chi connectivity index (χ0n) is 17.2. The van der Waals surface area contributed by atoms with Gasteiger partial charge in [-0.05, 0) is 56.5 Å². The Labute approximate surface area is 172 Å². The molecule has 0 fully saturated rings. The van der Waals surface area contributed by atoms with Crippen LogP contribution in [-0.4, -0.2) is 32.0 Å². The molecule has 0 radical (unpaired) electrons. The highest BCUT2D eigenvalue weighted by atomic mass is 35.5. The predicted molar refractivity (Wildman–Crippen MR) is 114 cm³/mol. The van der Waals surface area contributed by atoms with Gasteiger partial charge in [0.1, 0.15) is 0 Å². The lowest BCUT2D eigenvalue weighted by Gasteiger charge is -2.18. The molecule has 3 N–H and O–H groups in total. The van der Waals surface area contributed by atoms with E-state index in [1.165, 1.54) is 5.56 Å². The molecule has 0 saturated heterocycles. The fourth-order valence-electron chi connectivity index (χ4n) is 3.30. The molecular formula is C22H29ClN3O2+. The summed E-state index contributed by atoms with van der Waals surface area (Å²) in [6, 6.07) is 11.4. The number of amides is 2. The smallest absolute Gasteiger partial charge is 0.279 e. The average molecular weight is 403 g/mol. The molecule has 2 aromatic carbocycles. The Hall–Kier alpha value is -2.37. The predicted octanol–water partition coefficient (Wildman–Crippen LogP) is 2.60. The van der Waals surface area contributed by atoms with Crippen LogP contribution in [-0.2, 0) is 9.59 Å². The van der Waals surface area contributed by atoms with Gasteiger partial charge in [-0.25, -0.2) is 0 Å². The summed E-state index contributed by atoms with van der Waals surface area (Å²) in [5, 5.41) is 6.60. The van der Waals surface area contributed by atoms with Crippen molar-refractivity contribution in [1.29, 1.82) is 0 Å². The summed E-state index contributed by atoms with van der Waals surface area (Å²) in [5.74, 6) is -0.207. The van der Waals surface area contributed by atoms with Crippen LogP contribution in [0, 0.1) is 20.8 Å². The molecule has 1 unspecified atom stereocenters. The molecule has 0 aliphatic carbocycles. The first-order valence-electron chi connectivity index (χ1n) is 9.39. The van der Waals surface area contributed by atoms with Crippen molar-refractivity contribution in [2.45, 2.75) is 33.7 Å². The second kappa shape index (κ2) is 9.71. The Kier molecular flexibility index (Phi) is 7.61. The number of aryl methyl sites for hydroxylation is 3. The first-order valence-corrected chi connectivity index (χ1v) is 9.77. The highest BCUT2D eigenvalue weighted by Gasteiger charge is 2.17. The number of carbonyl (C=O) groups excluding carboxylic acids is 2. The molecule has 0 aliphatic rings. The summed E-state index contributed by atoms with van der Waals surface area (Å²) in [7, 11) is 1.83. The number of carbonyl (C=O) groups is 2. The van der Waals surface area contributed by atoms with Crippen molar-refractivity contribution in [3.8, 4) is 0 Å². The number of benzene rings is 2. The second-order valence-corrected chi connectivity index (χ2v) is 7.91. The fourth-order valence-corrected chi connectivity index (χ4v) is 3.42. The van der Waals surface area contributed by atoms with E-state index in [1.807, 2.05) is 59.0 Å². The van der Waals surface area contributed by atoms with Gasteiger partial charge in [0.05, 0.1) is 13.1 Å². The zero-order valence-corrected chi connectivity index (χ0v) is 17.9. The fraction of sp³-hybridized carbons (Fsp3) is 0.364. The third-order valence-corrected chi connectivity index (χ3v) is 4.87. The molecule has 6 heteroatoms. The minimum Gasteiger partial charge on any atom is -0.345 e. The van der Waals surface area contributed by atoms with Crippen molar-refractivity contribution in [1.82, 2.24) is 5.32 Å². The summed E-state index contributed by atoms with van der Waals surface area (Å²) >= 11 is 5.90. The molecule has 0 heterocycles. The third-order valence-electron chi connectivity index (χ3n) is 4.61. The topological polar surface area (TPSA) is 62.6 Å². The van der Waals surface area contributed by atoms with Crippen molar-refractivity contribution in [3.05, 3.63) is 63.7 Å². The van der Waals surface area contributed by atoms with E-state index < -0.39 is 0 Å². The van der Waals surface area contributed by atoms with Crippen LogP contribution in [0.4, 0.5) is 5.69 Å². The zero-order chi connectivity index (χ0) is 20.8. The minimum atomic E-state index is -0.121. The summed E-state index contributed by atoms with van der Waals surface area (Å²) in [6.07, 6.45) is 0.